The molecule has 2 nitrogen and oxygen atoms in total. The van der Waals surface area contributed by atoms with E-state index in [9.17, 15) is 18.0 Å². The second kappa shape index (κ2) is 5.53. The minimum absolute atomic E-state index is 0.376. The molecule has 94 valence electrons. The molecule has 1 aromatic rings. The Bertz CT molecular complexity index is 418. The number of carbonyl (C=O) groups excluding carboxylic acids is 1. The first-order valence-corrected chi connectivity index (χ1v) is 5.70. The molecule has 1 amide bonds. The van der Waals surface area contributed by atoms with Gasteiger partial charge in [0.1, 0.15) is 0 Å². The zero-order valence-electron chi connectivity index (χ0n) is 9.07. The van der Waals surface area contributed by atoms with Gasteiger partial charge in [0.15, 0.2) is 0 Å². The molecule has 0 aromatic heterocycles. The fraction of sp³-hybridized carbons (Fsp3) is 0.364. The smallest absolute Gasteiger partial charge is 0.352 e. The molecule has 0 aliphatic carbocycles. The zero-order chi connectivity index (χ0) is 13.1. The Kier molecular flexibility index (Phi) is 4.56. The third kappa shape index (κ3) is 4.38. The number of amides is 1. The summed E-state index contributed by atoms with van der Waals surface area (Å²) in [6.45, 7) is 1.32. The topological polar surface area (TPSA) is 29.1 Å². The van der Waals surface area contributed by atoms with Crippen LogP contribution in [0.2, 0.25) is 0 Å². The van der Waals surface area contributed by atoms with Crippen molar-refractivity contribution in [1.82, 2.24) is 5.32 Å². The fourth-order valence-electron chi connectivity index (χ4n) is 1.27. The van der Waals surface area contributed by atoms with Gasteiger partial charge in [-0.25, -0.2) is 0 Å². The normalized spacial score (nSPS) is 11.4. The predicted octanol–water partition coefficient (Wildman–Crippen LogP) is 3.44. The van der Waals surface area contributed by atoms with E-state index in [0.717, 1.165) is 4.47 Å². The van der Waals surface area contributed by atoms with Crippen LogP contribution in [0.1, 0.15) is 22.3 Å². The summed E-state index contributed by atoms with van der Waals surface area (Å²) >= 11 is 3.25. The molecule has 0 fully saturated rings. The standard InChI is InChI=1S/C11H11BrF3NO/c1-7-8(3-2-4-9(7)12)10(17)16-6-5-11(13,14)15/h2-4H,5-6H2,1H3,(H,16,17). The van der Waals surface area contributed by atoms with Crippen molar-refractivity contribution in [2.75, 3.05) is 6.54 Å². The van der Waals surface area contributed by atoms with Gasteiger partial charge in [-0.3, -0.25) is 4.79 Å². The van der Waals surface area contributed by atoms with Gasteiger partial charge < -0.3 is 5.32 Å². The number of nitrogens with one attached hydrogen (secondary N) is 1. The highest BCUT2D eigenvalue weighted by Gasteiger charge is 2.26. The highest BCUT2D eigenvalue weighted by molar-refractivity contribution is 9.10. The van der Waals surface area contributed by atoms with Crippen molar-refractivity contribution in [3.8, 4) is 0 Å². The van der Waals surface area contributed by atoms with Crippen LogP contribution in [-0.2, 0) is 0 Å². The molecule has 0 aliphatic heterocycles. The molecule has 6 heteroatoms. The lowest BCUT2D eigenvalue weighted by Gasteiger charge is -2.10. The van der Waals surface area contributed by atoms with Crippen LogP contribution in [0.25, 0.3) is 0 Å². The third-order valence-electron chi connectivity index (χ3n) is 2.21. The number of rotatable bonds is 3. The van der Waals surface area contributed by atoms with Crippen molar-refractivity contribution in [3.05, 3.63) is 33.8 Å². The average molecular weight is 310 g/mol. The lowest BCUT2D eigenvalue weighted by molar-refractivity contribution is -0.132. The fourth-order valence-corrected chi connectivity index (χ4v) is 1.63. The summed E-state index contributed by atoms with van der Waals surface area (Å²) in [5.74, 6) is -0.493. The van der Waals surface area contributed by atoms with E-state index in [4.69, 9.17) is 0 Å². The van der Waals surface area contributed by atoms with Crippen molar-refractivity contribution in [2.45, 2.75) is 19.5 Å². The van der Waals surface area contributed by atoms with E-state index in [1.54, 1.807) is 25.1 Å². The summed E-state index contributed by atoms with van der Waals surface area (Å²) in [7, 11) is 0. The van der Waals surface area contributed by atoms with Crippen LogP contribution in [0, 0.1) is 6.92 Å². The van der Waals surface area contributed by atoms with Crippen LogP contribution >= 0.6 is 15.9 Å². The van der Waals surface area contributed by atoms with Gasteiger partial charge in [-0.2, -0.15) is 13.2 Å². The maximum atomic E-state index is 11.9. The van der Waals surface area contributed by atoms with E-state index in [-0.39, 0.29) is 0 Å². The predicted molar refractivity (Wildman–Crippen MR) is 61.9 cm³/mol. The quantitative estimate of drug-likeness (QED) is 0.910. The molecule has 0 saturated heterocycles. The van der Waals surface area contributed by atoms with Crippen molar-refractivity contribution in [2.24, 2.45) is 0 Å². The van der Waals surface area contributed by atoms with Crippen molar-refractivity contribution >= 4 is 21.8 Å². The van der Waals surface area contributed by atoms with Gasteiger partial charge in [0.25, 0.3) is 5.91 Å². The van der Waals surface area contributed by atoms with Gasteiger partial charge in [0.2, 0.25) is 0 Å². The number of benzene rings is 1. The van der Waals surface area contributed by atoms with Crippen LogP contribution in [0.3, 0.4) is 0 Å². The first-order valence-electron chi connectivity index (χ1n) is 4.91. The SMILES string of the molecule is Cc1c(Br)cccc1C(=O)NCCC(F)(F)F. The highest BCUT2D eigenvalue weighted by Crippen LogP contribution is 2.20. The van der Waals surface area contributed by atoms with Gasteiger partial charge in [0.05, 0.1) is 6.42 Å². The lowest BCUT2D eigenvalue weighted by atomic mass is 10.1. The second-order valence-electron chi connectivity index (χ2n) is 3.53. The van der Waals surface area contributed by atoms with Crippen molar-refractivity contribution in [3.63, 3.8) is 0 Å². The van der Waals surface area contributed by atoms with Gasteiger partial charge in [-0.05, 0) is 24.6 Å². The Hall–Kier alpha value is -1.04. The molecule has 17 heavy (non-hydrogen) atoms. The molecule has 0 saturated carbocycles. The van der Waals surface area contributed by atoms with Gasteiger partial charge in [0, 0.05) is 16.6 Å². The summed E-state index contributed by atoms with van der Waals surface area (Å²) in [6.07, 6.45) is -5.27. The number of halogens is 4. The lowest BCUT2D eigenvalue weighted by Crippen LogP contribution is -2.28. The molecule has 0 unspecified atom stereocenters. The number of hydrogen-bond donors (Lipinski definition) is 1. The molecule has 1 aromatic carbocycles. The Morgan fingerprint density at radius 3 is 2.65 bits per heavy atom. The largest absolute Gasteiger partial charge is 0.390 e. The van der Waals surface area contributed by atoms with Crippen LogP contribution < -0.4 is 5.32 Å². The Morgan fingerprint density at radius 1 is 1.41 bits per heavy atom. The molecule has 0 bridgehead atoms. The third-order valence-corrected chi connectivity index (χ3v) is 3.07. The molecular weight excluding hydrogens is 299 g/mol. The number of alkyl halides is 3. The van der Waals surface area contributed by atoms with Crippen LogP contribution in [-0.4, -0.2) is 18.6 Å². The molecule has 1 N–H and O–H groups in total. The minimum atomic E-state index is -4.25. The van der Waals surface area contributed by atoms with Gasteiger partial charge >= 0.3 is 6.18 Å². The highest BCUT2D eigenvalue weighted by atomic mass is 79.9. The minimum Gasteiger partial charge on any atom is -0.352 e. The Balaban J connectivity index is 2.62. The maximum Gasteiger partial charge on any atom is 0.390 e. The first-order chi connectivity index (χ1) is 7.81. The summed E-state index contributed by atoms with van der Waals surface area (Å²) in [4.78, 5) is 11.6. The van der Waals surface area contributed by atoms with Gasteiger partial charge in [-0.1, -0.05) is 22.0 Å². The monoisotopic (exact) mass is 309 g/mol. The summed E-state index contributed by atoms with van der Waals surface area (Å²) in [5, 5.41) is 2.24. The van der Waals surface area contributed by atoms with Gasteiger partial charge in [-0.15, -0.1) is 0 Å². The Morgan fingerprint density at radius 2 is 2.06 bits per heavy atom. The van der Waals surface area contributed by atoms with Crippen LogP contribution in [0.5, 0.6) is 0 Å². The van der Waals surface area contributed by atoms with E-state index in [2.05, 4.69) is 21.2 Å². The van der Waals surface area contributed by atoms with Crippen LogP contribution in [0.15, 0.2) is 22.7 Å². The molecule has 0 spiro atoms. The molecule has 1 rings (SSSR count). The second-order valence-corrected chi connectivity index (χ2v) is 4.39. The number of carbonyl (C=O) groups is 1. The zero-order valence-corrected chi connectivity index (χ0v) is 10.7. The average Bonchev–Trinajstić information content (AvgIpc) is 2.20. The summed E-state index contributed by atoms with van der Waals surface area (Å²) in [6, 6.07) is 5.00. The first kappa shape index (κ1) is 14.0. The molecule has 0 atom stereocenters. The van der Waals surface area contributed by atoms with Crippen molar-refractivity contribution < 1.29 is 18.0 Å². The summed E-state index contributed by atoms with van der Waals surface area (Å²) < 4.78 is 36.4. The van der Waals surface area contributed by atoms with E-state index in [1.807, 2.05) is 0 Å². The molecular formula is C11H11BrF3NO. The number of hydrogen-bond acceptors (Lipinski definition) is 1. The molecule has 0 aliphatic rings. The van der Waals surface area contributed by atoms with E-state index in [0.29, 0.717) is 11.1 Å². The Labute approximate surface area is 105 Å². The molecule has 0 radical (unpaired) electrons. The van der Waals surface area contributed by atoms with E-state index < -0.39 is 25.0 Å². The van der Waals surface area contributed by atoms with Crippen LogP contribution in [0.4, 0.5) is 13.2 Å². The van der Waals surface area contributed by atoms with Crippen molar-refractivity contribution in [1.29, 1.82) is 0 Å². The van der Waals surface area contributed by atoms with E-state index >= 15 is 0 Å². The molecule has 0 heterocycles. The van der Waals surface area contributed by atoms with E-state index in [1.165, 1.54) is 0 Å². The summed E-state index contributed by atoms with van der Waals surface area (Å²) in [5.41, 5.74) is 1.08. The maximum absolute atomic E-state index is 11.9.